The van der Waals surface area contributed by atoms with E-state index in [4.69, 9.17) is 0 Å². The van der Waals surface area contributed by atoms with Crippen LogP contribution in [0.2, 0.25) is 0 Å². The highest BCUT2D eigenvalue weighted by Crippen LogP contribution is 2.25. The molecule has 3 rings (SSSR count). The molecule has 0 radical (unpaired) electrons. The number of hydrogen-bond acceptors (Lipinski definition) is 0. The average molecular weight is 246 g/mol. The summed E-state index contributed by atoms with van der Waals surface area (Å²) in [6.07, 6.45) is 1.01. The van der Waals surface area contributed by atoms with Gasteiger partial charge in [-0.25, -0.2) is 0 Å². The minimum Gasteiger partial charge on any atom is -0.0620 e. The van der Waals surface area contributed by atoms with Gasteiger partial charge in [0.15, 0.2) is 0 Å². The molecular weight excluding hydrogens is 228 g/mol. The molecule has 3 aromatic carbocycles. The number of aryl methyl sites for hydroxylation is 2. The summed E-state index contributed by atoms with van der Waals surface area (Å²) in [5, 5.41) is 2.75. The van der Waals surface area contributed by atoms with E-state index in [9.17, 15) is 0 Å². The van der Waals surface area contributed by atoms with Crippen LogP contribution in [0.5, 0.6) is 0 Å². The second-order valence-corrected chi connectivity index (χ2v) is 5.19. The molecule has 0 atom stereocenters. The Morgan fingerprint density at radius 3 is 2.05 bits per heavy atom. The van der Waals surface area contributed by atoms with Crippen LogP contribution < -0.4 is 0 Å². The first-order chi connectivity index (χ1) is 9.25. The zero-order valence-corrected chi connectivity index (χ0v) is 11.5. The van der Waals surface area contributed by atoms with Crippen LogP contribution in [0.15, 0.2) is 60.7 Å². The molecule has 0 fully saturated rings. The Bertz CT molecular complexity index is 718. The highest BCUT2D eigenvalue weighted by atomic mass is 14.1. The molecule has 0 spiro atoms. The minimum absolute atomic E-state index is 1.01. The fourth-order valence-electron chi connectivity index (χ4n) is 2.78. The molecule has 0 saturated carbocycles. The Morgan fingerprint density at radius 2 is 1.26 bits per heavy atom. The lowest BCUT2D eigenvalue weighted by atomic mass is 9.94. The highest BCUT2D eigenvalue weighted by molar-refractivity contribution is 5.89. The fraction of sp³-hybridized carbons (Fsp3) is 0.158. The zero-order chi connectivity index (χ0) is 13.2. The van der Waals surface area contributed by atoms with Crippen molar-refractivity contribution < 1.29 is 0 Å². The van der Waals surface area contributed by atoms with Crippen molar-refractivity contribution in [3.8, 4) is 0 Å². The first-order valence-electron chi connectivity index (χ1n) is 6.77. The maximum absolute atomic E-state index is 2.25. The fourth-order valence-corrected chi connectivity index (χ4v) is 2.78. The monoisotopic (exact) mass is 246 g/mol. The van der Waals surface area contributed by atoms with Crippen LogP contribution in [0, 0.1) is 13.8 Å². The molecule has 0 bridgehead atoms. The predicted molar refractivity (Wildman–Crippen MR) is 82.7 cm³/mol. The third-order valence-electron chi connectivity index (χ3n) is 3.84. The van der Waals surface area contributed by atoms with Gasteiger partial charge in [0.2, 0.25) is 0 Å². The molecule has 19 heavy (non-hydrogen) atoms. The molecule has 0 N–H and O–H groups in total. The molecule has 0 heteroatoms. The molecular formula is C19H18. The summed E-state index contributed by atoms with van der Waals surface area (Å²) < 4.78 is 0. The van der Waals surface area contributed by atoms with Gasteiger partial charge in [-0.05, 0) is 53.3 Å². The van der Waals surface area contributed by atoms with E-state index >= 15 is 0 Å². The molecule has 94 valence electrons. The minimum atomic E-state index is 1.01. The molecule has 3 aromatic rings. The SMILES string of the molecule is Cc1ccccc1Cc1cccc2cccc(C)c12. The Balaban J connectivity index is 2.14. The van der Waals surface area contributed by atoms with Gasteiger partial charge in [-0.1, -0.05) is 60.7 Å². The van der Waals surface area contributed by atoms with E-state index in [0.717, 1.165) is 6.42 Å². The van der Waals surface area contributed by atoms with E-state index in [0.29, 0.717) is 0 Å². The van der Waals surface area contributed by atoms with E-state index < -0.39 is 0 Å². The van der Waals surface area contributed by atoms with Gasteiger partial charge in [-0.2, -0.15) is 0 Å². The molecule has 0 unspecified atom stereocenters. The lowest BCUT2D eigenvalue weighted by Crippen LogP contribution is -1.94. The standard InChI is InChI=1S/C19H18/c1-14-7-3-4-9-17(14)13-18-12-6-11-16-10-5-8-15(2)19(16)18/h3-12H,13H2,1-2H3. The van der Waals surface area contributed by atoms with E-state index in [1.54, 1.807) is 0 Å². The quantitative estimate of drug-likeness (QED) is 0.593. The highest BCUT2D eigenvalue weighted by Gasteiger charge is 2.05. The van der Waals surface area contributed by atoms with Crippen LogP contribution >= 0.6 is 0 Å². The van der Waals surface area contributed by atoms with Gasteiger partial charge in [-0.3, -0.25) is 0 Å². The van der Waals surface area contributed by atoms with Crippen molar-refractivity contribution in [1.29, 1.82) is 0 Å². The molecule has 0 aromatic heterocycles. The Morgan fingerprint density at radius 1 is 0.632 bits per heavy atom. The third-order valence-corrected chi connectivity index (χ3v) is 3.84. The van der Waals surface area contributed by atoms with E-state index in [1.807, 2.05) is 0 Å². The topological polar surface area (TPSA) is 0 Å². The van der Waals surface area contributed by atoms with Crippen molar-refractivity contribution >= 4 is 10.8 Å². The van der Waals surface area contributed by atoms with Gasteiger partial charge < -0.3 is 0 Å². The van der Waals surface area contributed by atoms with Crippen molar-refractivity contribution in [2.75, 3.05) is 0 Å². The first-order valence-corrected chi connectivity index (χ1v) is 6.77. The third kappa shape index (κ3) is 2.26. The molecule has 0 saturated heterocycles. The molecule has 0 nitrogen and oxygen atoms in total. The smallest absolute Gasteiger partial charge is 0.00169 e. The summed E-state index contributed by atoms with van der Waals surface area (Å²) in [7, 11) is 0. The normalized spacial score (nSPS) is 10.8. The van der Waals surface area contributed by atoms with Gasteiger partial charge in [0, 0.05) is 0 Å². The zero-order valence-electron chi connectivity index (χ0n) is 11.5. The van der Waals surface area contributed by atoms with Gasteiger partial charge in [0.1, 0.15) is 0 Å². The Labute approximate surface area is 114 Å². The van der Waals surface area contributed by atoms with Crippen molar-refractivity contribution in [2.45, 2.75) is 20.3 Å². The lowest BCUT2D eigenvalue weighted by molar-refractivity contribution is 1.17. The summed E-state index contributed by atoms with van der Waals surface area (Å²) in [4.78, 5) is 0. The molecule has 0 amide bonds. The Kier molecular flexibility index (Phi) is 3.08. The van der Waals surface area contributed by atoms with Crippen molar-refractivity contribution in [2.24, 2.45) is 0 Å². The van der Waals surface area contributed by atoms with Crippen LogP contribution in [0.25, 0.3) is 10.8 Å². The van der Waals surface area contributed by atoms with E-state index in [2.05, 4.69) is 74.5 Å². The summed E-state index contributed by atoms with van der Waals surface area (Å²) >= 11 is 0. The van der Waals surface area contributed by atoms with Crippen LogP contribution in [0.4, 0.5) is 0 Å². The van der Waals surface area contributed by atoms with Gasteiger partial charge in [-0.15, -0.1) is 0 Å². The number of rotatable bonds is 2. The molecule has 0 aliphatic rings. The molecule has 0 heterocycles. The Hall–Kier alpha value is -2.08. The van der Waals surface area contributed by atoms with Gasteiger partial charge >= 0.3 is 0 Å². The van der Waals surface area contributed by atoms with Crippen molar-refractivity contribution in [3.05, 3.63) is 82.9 Å². The van der Waals surface area contributed by atoms with Crippen LogP contribution in [-0.2, 0) is 6.42 Å². The van der Waals surface area contributed by atoms with Crippen molar-refractivity contribution in [1.82, 2.24) is 0 Å². The van der Waals surface area contributed by atoms with Crippen LogP contribution in [-0.4, -0.2) is 0 Å². The summed E-state index contributed by atoms with van der Waals surface area (Å²) in [6.45, 7) is 4.39. The number of benzene rings is 3. The van der Waals surface area contributed by atoms with Gasteiger partial charge in [0.25, 0.3) is 0 Å². The first kappa shape index (κ1) is 12.0. The summed E-state index contributed by atoms with van der Waals surface area (Å²) in [6, 6.07) is 21.8. The second-order valence-electron chi connectivity index (χ2n) is 5.19. The number of fused-ring (bicyclic) bond motifs is 1. The van der Waals surface area contributed by atoms with E-state index in [1.165, 1.54) is 33.0 Å². The number of hydrogen-bond donors (Lipinski definition) is 0. The van der Waals surface area contributed by atoms with Crippen molar-refractivity contribution in [3.63, 3.8) is 0 Å². The summed E-state index contributed by atoms with van der Waals surface area (Å²) in [5.41, 5.74) is 5.57. The molecule has 0 aliphatic carbocycles. The largest absolute Gasteiger partial charge is 0.0620 e. The second kappa shape index (κ2) is 4.89. The van der Waals surface area contributed by atoms with E-state index in [-0.39, 0.29) is 0 Å². The van der Waals surface area contributed by atoms with Crippen LogP contribution in [0.3, 0.4) is 0 Å². The predicted octanol–water partition coefficient (Wildman–Crippen LogP) is 5.05. The molecule has 0 aliphatic heterocycles. The van der Waals surface area contributed by atoms with Gasteiger partial charge in [0.05, 0.1) is 0 Å². The maximum Gasteiger partial charge on any atom is -0.00169 e. The maximum atomic E-state index is 2.25. The average Bonchev–Trinajstić information content (AvgIpc) is 2.42. The summed E-state index contributed by atoms with van der Waals surface area (Å²) in [5.74, 6) is 0. The van der Waals surface area contributed by atoms with Crippen LogP contribution in [0.1, 0.15) is 22.3 Å². The lowest BCUT2D eigenvalue weighted by Gasteiger charge is -2.11.